The van der Waals surface area contributed by atoms with Gasteiger partial charge in [-0.3, -0.25) is 4.79 Å². The second kappa shape index (κ2) is 7.72. The molecule has 0 spiro atoms. The molecule has 1 amide bonds. The van der Waals surface area contributed by atoms with Crippen LogP contribution in [0.2, 0.25) is 0 Å². The summed E-state index contributed by atoms with van der Waals surface area (Å²) in [6.07, 6.45) is 3.85. The molecule has 3 heterocycles. The first-order valence-electron chi connectivity index (χ1n) is 10.4. The molecule has 30 heavy (non-hydrogen) atoms. The number of aromatic nitrogens is 2. The van der Waals surface area contributed by atoms with Crippen molar-refractivity contribution in [3.8, 4) is 11.1 Å². The van der Waals surface area contributed by atoms with Crippen LogP contribution in [0.4, 0.5) is 10.1 Å². The Morgan fingerprint density at radius 1 is 1.30 bits per heavy atom. The molecule has 1 aliphatic rings. The van der Waals surface area contributed by atoms with Crippen LogP contribution >= 0.6 is 0 Å². The van der Waals surface area contributed by atoms with Gasteiger partial charge in [0.15, 0.2) is 0 Å². The minimum Gasteiger partial charge on any atom is -0.367 e. The van der Waals surface area contributed by atoms with Gasteiger partial charge in [0.2, 0.25) is 0 Å². The van der Waals surface area contributed by atoms with Gasteiger partial charge < -0.3 is 19.9 Å². The van der Waals surface area contributed by atoms with E-state index in [4.69, 9.17) is 5.73 Å². The van der Waals surface area contributed by atoms with Gasteiger partial charge in [0.05, 0.1) is 23.0 Å². The van der Waals surface area contributed by atoms with E-state index in [9.17, 15) is 9.18 Å². The zero-order valence-electron chi connectivity index (χ0n) is 17.9. The molecule has 0 aliphatic carbocycles. The Hall–Kier alpha value is -2.93. The van der Waals surface area contributed by atoms with Crippen LogP contribution in [0.3, 0.4) is 0 Å². The smallest absolute Gasteiger partial charge is 0.254 e. The molecule has 1 fully saturated rings. The summed E-state index contributed by atoms with van der Waals surface area (Å²) in [6.45, 7) is 9.92. The maximum absolute atomic E-state index is 14.2. The highest BCUT2D eigenvalue weighted by Gasteiger charge is 2.26. The van der Waals surface area contributed by atoms with Crippen molar-refractivity contribution >= 4 is 17.1 Å². The lowest BCUT2D eigenvalue weighted by molar-refractivity contribution is 0.0717. The number of halogens is 1. The maximum atomic E-state index is 14.2. The van der Waals surface area contributed by atoms with Crippen molar-refractivity contribution in [3.63, 3.8) is 0 Å². The Balaban J connectivity index is 1.91. The summed E-state index contributed by atoms with van der Waals surface area (Å²) in [5.74, 6) is 0.255. The van der Waals surface area contributed by atoms with Crippen molar-refractivity contribution in [2.24, 2.45) is 5.73 Å². The van der Waals surface area contributed by atoms with E-state index in [1.165, 1.54) is 12.1 Å². The highest BCUT2D eigenvalue weighted by Crippen LogP contribution is 2.34. The molecule has 6 nitrogen and oxygen atoms in total. The topological polar surface area (TPSA) is 66.9 Å². The van der Waals surface area contributed by atoms with E-state index in [-0.39, 0.29) is 18.0 Å². The van der Waals surface area contributed by atoms with Crippen molar-refractivity contribution in [1.82, 2.24) is 14.3 Å². The first-order valence-corrected chi connectivity index (χ1v) is 10.4. The zero-order chi connectivity index (χ0) is 21.6. The Labute approximate surface area is 176 Å². The number of hydrogen-bond acceptors (Lipinski definition) is 4. The van der Waals surface area contributed by atoms with E-state index in [2.05, 4.69) is 16.0 Å². The molecule has 0 bridgehead atoms. The van der Waals surface area contributed by atoms with Crippen LogP contribution in [0.25, 0.3) is 16.6 Å². The third kappa shape index (κ3) is 3.43. The number of fused-ring (bicyclic) bond motifs is 1. The van der Waals surface area contributed by atoms with E-state index in [1.807, 2.05) is 38.3 Å². The van der Waals surface area contributed by atoms with Gasteiger partial charge in [-0.25, -0.2) is 9.37 Å². The fourth-order valence-corrected chi connectivity index (χ4v) is 4.15. The van der Waals surface area contributed by atoms with E-state index in [0.717, 1.165) is 35.7 Å². The Bertz CT molecular complexity index is 1100. The summed E-state index contributed by atoms with van der Waals surface area (Å²) in [5.41, 5.74) is 9.81. The molecule has 1 aromatic carbocycles. The summed E-state index contributed by atoms with van der Waals surface area (Å²) >= 11 is 0. The fraction of sp³-hybridized carbons (Fsp3) is 0.391. The third-order valence-corrected chi connectivity index (χ3v) is 5.81. The normalized spacial score (nSPS) is 14.4. The maximum Gasteiger partial charge on any atom is 0.254 e. The molecule has 0 atom stereocenters. The minimum atomic E-state index is -0.424. The average Bonchev–Trinajstić information content (AvgIpc) is 3.06. The number of anilines is 1. The highest BCUT2D eigenvalue weighted by atomic mass is 19.1. The molecule has 0 saturated carbocycles. The van der Waals surface area contributed by atoms with Crippen LogP contribution in [0.5, 0.6) is 0 Å². The molecule has 2 aromatic heterocycles. The van der Waals surface area contributed by atoms with Crippen LogP contribution < -0.4 is 10.6 Å². The molecule has 1 saturated heterocycles. The lowest BCUT2D eigenvalue weighted by atomic mass is 9.97. The van der Waals surface area contributed by atoms with Crippen molar-refractivity contribution in [3.05, 3.63) is 53.9 Å². The van der Waals surface area contributed by atoms with Gasteiger partial charge in [0.25, 0.3) is 5.91 Å². The first kappa shape index (κ1) is 20.3. The predicted octanol–water partition coefficient (Wildman–Crippen LogP) is 3.47. The van der Waals surface area contributed by atoms with Crippen molar-refractivity contribution in [2.75, 3.05) is 24.5 Å². The largest absolute Gasteiger partial charge is 0.367 e. The molecule has 1 aliphatic heterocycles. The number of carbonyl (C=O) groups is 1. The number of nitrogens with zero attached hydrogens (tertiary/aromatic N) is 4. The number of carbonyl (C=O) groups excluding carboxylic acids is 1. The minimum absolute atomic E-state index is 0.0183. The lowest BCUT2D eigenvalue weighted by Gasteiger charge is -2.39. The number of hydrogen-bond donors (Lipinski definition) is 1. The van der Waals surface area contributed by atoms with Crippen molar-refractivity contribution in [1.29, 1.82) is 0 Å². The van der Waals surface area contributed by atoms with Gasteiger partial charge in [-0.1, -0.05) is 6.07 Å². The number of amides is 1. The molecule has 4 rings (SSSR count). The van der Waals surface area contributed by atoms with Gasteiger partial charge in [0.1, 0.15) is 11.6 Å². The summed E-state index contributed by atoms with van der Waals surface area (Å²) < 4.78 is 16.2. The monoisotopic (exact) mass is 409 g/mol. The summed E-state index contributed by atoms with van der Waals surface area (Å²) in [6, 6.07) is 6.68. The van der Waals surface area contributed by atoms with Gasteiger partial charge >= 0.3 is 0 Å². The fourth-order valence-electron chi connectivity index (χ4n) is 4.15. The lowest BCUT2D eigenvalue weighted by Crippen LogP contribution is -2.55. The molecule has 0 unspecified atom stereocenters. The predicted molar refractivity (Wildman–Crippen MR) is 117 cm³/mol. The molecule has 2 N–H and O–H groups in total. The second-order valence-corrected chi connectivity index (χ2v) is 8.21. The number of nitrogens with two attached hydrogens (primary N) is 1. The van der Waals surface area contributed by atoms with Crippen LogP contribution in [0.1, 0.15) is 37.0 Å². The van der Waals surface area contributed by atoms with E-state index in [0.29, 0.717) is 17.7 Å². The Morgan fingerprint density at radius 3 is 2.67 bits per heavy atom. The molecule has 158 valence electrons. The standard InChI is InChI=1S/C23H28FN5O/c1-5-28(14(2)3)23(30)21-8-16(24)6-7-19(21)20-9-18(27-11-17(25)12-27)13-29-15(4)26-10-22(20)29/h6-10,13-14,17H,5,11-12,25H2,1-4H3. The zero-order valence-corrected chi connectivity index (χ0v) is 17.9. The van der Waals surface area contributed by atoms with Crippen molar-refractivity contribution < 1.29 is 9.18 Å². The highest BCUT2D eigenvalue weighted by molar-refractivity contribution is 6.03. The van der Waals surface area contributed by atoms with E-state index >= 15 is 0 Å². The van der Waals surface area contributed by atoms with Gasteiger partial charge in [-0.05, 0) is 51.5 Å². The summed E-state index contributed by atoms with van der Waals surface area (Å²) in [7, 11) is 0. The molecule has 3 aromatic rings. The van der Waals surface area contributed by atoms with Gasteiger partial charge in [-0.15, -0.1) is 0 Å². The Kier molecular flexibility index (Phi) is 5.24. The average molecular weight is 410 g/mol. The molecule has 7 heteroatoms. The van der Waals surface area contributed by atoms with Crippen LogP contribution in [-0.4, -0.2) is 51.9 Å². The Morgan fingerprint density at radius 2 is 2.03 bits per heavy atom. The molecular weight excluding hydrogens is 381 g/mol. The number of pyridine rings is 1. The van der Waals surface area contributed by atoms with Crippen LogP contribution in [-0.2, 0) is 0 Å². The van der Waals surface area contributed by atoms with E-state index < -0.39 is 5.82 Å². The summed E-state index contributed by atoms with van der Waals surface area (Å²) in [5, 5.41) is 0. The SMILES string of the molecule is CCN(C(=O)c1cc(F)ccc1-c1cc(N2CC(N)C2)cn2c(C)ncc12)C(C)C. The van der Waals surface area contributed by atoms with E-state index in [1.54, 1.807) is 17.2 Å². The number of aryl methyl sites for hydroxylation is 1. The first-order chi connectivity index (χ1) is 14.3. The van der Waals surface area contributed by atoms with Crippen LogP contribution in [0.15, 0.2) is 36.7 Å². The quantitative estimate of drug-likeness (QED) is 0.701. The number of benzene rings is 1. The number of rotatable bonds is 5. The third-order valence-electron chi connectivity index (χ3n) is 5.81. The van der Waals surface area contributed by atoms with Crippen LogP contribution in [0, 0.1) is 12.7 Å². The molecule has 0 radical (unpaired) electrons. The van der Waals surface area contributed by atoms with Gasteiger partial charge in [0, 0.05) is 43.5 Å². The van der Waals surface area contributed by atoms with Gasteiger partial charge in [-0.2, -0.15) is 0 Å². The number of imidazole rings is 1. The summed E-state index contributed by atoms with van der Waals surface area (Å²) in [4.78, 5) is 21.8. The second-order valence-electron chi connectivity index (χ2n) is 8.21. The molecular formula is C23H28FN5O. The van der Waals surface area contributed by atoms with Crippen molar-refractivity contribution in [2.45, 2.75) is 39.8 Å².